The lowest BCUT2D eigenvalue weighted by Gasteiger charge is -2.27. The summed E-state index contributed by atoms with van der Waals surface area (Å²) >= 11 is 0. The number of hydrogen-bond donors (Lipinski definition) is 2. The van der Waals surface area contributed by atoms with Crippen molar-refractivity contribution in [3.05, 3.63) is 0 Å². The number of carboxylic acids is 1. The third-order valence-corrected chi connectivity index (χ3v) is 2.16. The molecule has 0 aromatic rings. The molecule has 0 amide bonds. The van der Waals surface area contributed by atoms with E-state index in [1.807, 2.05) is 6.92 Å². The molecule has 0 aromatic carbocycles. The average Bonchev–Trinajstić information content (AvgIpc) is 1.96. The van der Waals surface area contributed by atoms with Gasteiger partial charge < -0.3 is 14.8 Å². The Kier molecular flexibility index (Phi) is 3.11. The van der Waals surface area contributed by atoms with Crippen LogP contribution in [-0.2, 0) is 9.45 Å². The molecule has 68 valence electrons. The number of rotatable bonds is 2. The van der Waals surface area contributed by atoms with Crippen LogP contribution in [0.15, 0.2) is 0 Å². The minimum Gasteiger partial charge on any atom is -0.481 e. The lowest BCUT2D eigenvalue weighted by molar-refractivity contribution is -0.139. The van der Waals surface area contributed by atoms with Crippen LogP contribution in [-0.4, -0.2) is 29.3 Å². The molecule has 0 aromatic heterocycles. The first-order chi connectivity index (χ1) is 5.59. The summed E-state index contributed by atoms with van der Waals surface area (Å²) in [5, 5.41) is 17.7. The van der Waals surface area contributed by atoms with Crippen molar-refractivity contribution < 1.29 is 19.6 Å². The standard InChI is InChI=1S/C7H13BO4/c1-5-2-3-6(4-7(9)10)12-8(5)11/h5-6,11H,2-4H2,1H3,(H,9,10). The highest BCUT2D eigenvalue weighted by Crippen LogP contribution is 2.26. The molecule has 2 N–H and O–H groups in total. The first-order valence-electron chi connectivity index (χ1n) is 4.15. The van der Waals surface area contributed by atoms with Gasteiger partial charge in [-0.1, -0.05) is 6.92 Å². The van der Waals surface area contributed by atoms with Gasteiger partial charge in [0.15, 0.2) is 0 Å². The highest BCUT2D eigenvalue weighted by Gasteiger charge is 2.32. The third kappa shape index (κ3) is 2.50. The van der Waals surface area contributed by atoms with Crippen LogP contribution in [0.1, 0.15) is 26.2 Å². The van der Waals surface area contributed by atoms with E-state index in [0.29, 0.717) is 0 Å². The second-order valence-corrected chi connectivity index (χ2v) is 3.30. The number of aliphatic carboxylic acids is 1. The fourth-order valence-electron chi connectivity index (χ4n) is 1.34. The van der Waals surface area contributed by atoms with E-state index in [-0.39, 0.29) is 18.3 Å². The van der Waals surface area contributed by atoms with Crippen LogP contribution in [0.3, 0.4) is 0 Å². The van der Waals surface area contributed by atoms with Crippen LogP contribution >= 0.6 is 0 Å². The predicted molar refractivity (Wildman–Crippen MR) is 43.8 cm³/mol. The maximum Gasteiger partial charge on any atom is 0.457 e. The van der Waals surface area contributed by atoms with Crippen molar-refractivity contribution in [3.63, 3.8) is 0 Å². The van der Waals surface area contributed by atoms with Gasteiger partial charge in [0.1, 0.15) is 0 Å². The molecule has 5 heteroatoms. The lowest BCUT2D eigenvalue weighted by Crippen LogP contribution is -2.35. The van der Waals surface area contributed by atoms with Gasteiger partial charge in [-0.2, -0.15) is 0 Å². The number of carbonyl (C=O) groups is 1. The molecule has 0 bridgehead atoms. The molecule has 1 aliphatic heterocycles. The molecule has 1 saturated heterocycles. The molecule has 1 rings (SSSR count). The SMILES string of the molecule is CC1CCC(CC(=O)O)OB1O. The van der Waals surface area contributed by atoms with E-state index < -0.39 is 13.1 Å². The topological polar surface area (TPSA) is 66.8 Å². The molecule has 12 heavy (non-hydrogen) atoms. The van der Waals surface area contributed by atoms with Gasteiger partial charge in [-0.25, -0.2) is 0 Å². The Morgan fingerprint density at radius 2 is 2.33 bits per heavy atom. The molecule has 2 atom stereocenters. The minimum absolute atomic E-state index is 0.0101. The Hall–Kier alpha value is -0.545. The Labute approximate surface area is 71.7 Å². The fourth-order valence-corrected chi connectivity index (χ4v) is 1.34. The zero-order valence-electron chi connectivity index (χ0n) is 7.06. The first kappa shape index (κ1) is 9.54. The first-order valence-corrected chi connectivity index (χ1v) is 4.15. The molecule has 1 fully saturated rings. The van der Waals surface area contributed by atoms with E-state index in [1.54, 1.807) is 0 Å². The van der Waals surface area contributed by atoms with Crippen molar-refractivity contribution in [2.75, 3.05) is 0 Å². The third-order valence-electron chi connectivity index (χ3n) is 2.16. The van der Waals surface area contributed by atoms with Gasteiger partial charge in [-0.05, 0) is 18.7 Å². The Bertz CT molecular complexity index is 173. The van der Waals surface area contributed by atoms with E-state index in [0.717, 1.165) is 12.8 Å². The van der Waals surface area contributed by atoms with Gasteiger partial charge in [-0.15, -0.1) is 0 Å². The maximum absolute atomic E-state index is 10.3. The molecule has 4 nitrogen and oxygen atoms in total. The van der Waals surface area contributed by atoms with Crippen molar-refractivity contribution in [3.8, 4) is 0 Å². The Morgan fingerprint density at radius 3 is 2.83 bits per heavy atom. The summed E-state index contributed by atoms with van der Waals surface area (Å²) in [5.41, 5.74) is 0. The number of hydrogen-bond acceptors (Lipinski definition) is 3. The summed E-state index contributed by atoms with van der Waals surface area (Å²) in [5.74, 6) is -0.753. The summed E-state index contributed by atoms with van der Waals surface area (Å²) in [6.45, 7) is 1.89. The van der Waals surface area contributed by atoms with Gasteiger partial charge in [0, 0.05) is 0 Å². The van der Waals surface area contributed by atoms with Crippen LogP contribution in [0.5, 0.6) is 0 Å². The molecular weight excluding hydrogens is 159 g/mol. The second kappa shape index (κ2) is 3.91. The highest BCUT2D eigenvalue weighted by atomic mass is 16.5. The molecule has 0 radical (unpaired) electrons. The van der Waals surface area contributed by atoms with Crippen molar-refractivity contribution in [2.45, 2.75) is 38.1 Å². The predicted octanol–water partition coefficient (Wildman–Crippen LogP) is 0.511. The maximum atomic E-state index is 10.3. The molecule has 2 unspecified atom stereocenters. The highest BCUT2D eigenvalue weighted by molar-refractivity contribution is 6.44. The fraction of sp³-hybridized carbons (Fsp3) is 0.857. The Morgan fingerprint density at radius 1 is 1.67 bits per heavy atom. The van der Waals surface area contributed by atoms with E-state index in [9.17, 15) is 9.82 Å². The second-order valence-electron chi connectivity index (χ2n) is 3.30. The molecule has 1 heterocycles. The quantitative estimate of drug-likeness (QED) is 0.595. The summed E-state index contributed by atoms with van der Waals surface area (Å²) in [6, 6.07) is 0. The molecule has 1 aliphatic rings. The van der Waals surface area contributed by atoms with E-state index in [1.165, 1.54) is 0 Å². The van der Waals surface area contributed by atoms with Crippen molar-refractivity contribution in [1.29, 1.82) is 0 Å². The van der Waals surface area contributed by atoms with Crippen LogP contribution < -0.4 is 0 Å². The molecule has 0 aliphatic carbocycles. The van der Waals surface area contributed by atoms with Crippen LogP contribution in [0.4, 0.5) is 0 Å². The van der Waals surface area contributed by atoms with Crippen LogP contribution in [0, 0.1) is 0 Å². The van der Waals surface area contributed by atoms with Crippen molar-refractivity contribution in [1.82, 2.24) is 0 Å². The van der Waals surface area contributed by atoms with Crippen LogP contribution in [0.2, 0.25) is 5.82 Å². The summed E-state index contributed by atoms with van der Waals surface area (Å²) in [4.78, 5) is 10.3. The summed E-state index contributed by atoms with van der Waals surface area (Å²) < 4.78 is 5.08. The van der Waals surface area contributed by atoms with E-state index in [2.05, 4.69) is 0 Å². The largest absolute Gasteiger partial charge is 0.481 e. The lowest BCUT2D eigenvalue weighted by atomic mass is 9.68. The normalized spacial score (nSPS) is 30.3. The molecule has 0 spiro atoms. The van der Waals surface area contributed by atoms with Gasteiger partial charge >= 0.3 is 13.1 Å². The minimum atomic E-state index is -0.873. The smallest absolute Gasteiger partial charge is 0.457 e. The van der Waals surface area contributed by atoms with Gasteiger partial charge in [-0.3, -0.25) is 4.79 Å². The van der Waals surface area contributed by atoms with Gasteiger partial charge in [0.05, 0.1) is 12.5 Å². The Balaban J connectivity index is 2.35. The average molecular weight is 172 g/mol. The van der Waals surface area contributed by atoms with Gasteiger partial charge in [0.25, 0.3) is 0 Å². The van der Waals surface area contributed by atoms with Gasteiger partial charge in [0.2, 0.25) is 0 Å². The summed E-state index contributed by atoms with van der Waals surface area (Å²) in [6.07, 6.45) is 1.24. The molecule has 0 saturated carbocycles. The number of carboxylic acid groups (broad SMARTS) is 1. The zero-order chi connectivity index (χ0) is 9.14. The van der Waals surface area contributed by atoms with Crippen molar-refractivity contribution >= 4 is 13.1 Å². The zero-order valence-corrected chi connectivity index (χ0v) is 7.06. The summed E-state index contributed by atoms with van der Waals surface area (Å²) in [7, 11) is -0.789. The monoisotopic (exact) mass is 172 g/mol. The van der Waals surface area contributed by atoms with E-state index in [4.69, 9.17) is 9.76 Å². The molecular formula is C7H13BO4. The van der Waals surface area contributed by atoms with Crippen LogP contribution in [0.25, 0.3) is 0 Å². The van der Waals surface area contributed by atoms with E-state index >= 15 is 0 Å². The van der Waals surface area contributed by atoms with Crippen molar-refractivity contribution in [2.24, 2.45) is 0 Å².